The van der Waals surface area contributed by atoms with E-state index in [4.69, 9.17) is 38.1 Å². The summed E-state index contributed by atoms with van der Waals surface area (Å²) in [5.74, 6) is 1.48. The topological polar surface area (TPSA) is 77.1 Å². The quantitative estimate of drug-likeness (QED) is 0.755. The molecule has 0 aliphatic heterocycles. The molecule has 21 heavy (non-hydrogen) atoms. The van der Waals surface area contributed by atoms with Crippen LogP contribution in [-0.4, -0.2) is 17.3 Å². The molecule has 108 valence electrons. The summed E-state index contributed by atoms with van der Waals surface area (Å²) in [6, 6.07) is 8.64. The number of nitrogen functional groups attached to an aromatic ring is 1. The predicted molar refractivity (Wildman–Crippen MR) is 82.7 cm³/mol. The average molecular weight is 324 g/mol. The van der Waals surface area contributed by atoms with Gasteiger partial charge in [0.1, 0.15) is 11.4 Å². The van der Waals surface area contributed by atoms with Gasteiger partial charge in [-0.05, 0) is 41.9 Å². The van der Waals surface area contributed by atoms with Crippen molar-refractivity contribution in [1.82, 2.24) is 10.2 Å². The molecule has 2 heterocycles. The monoisotopic (exact) mass is 323 g/mol. The molecule has 3 rings (SSSR count). The van der Waals surface area contributed by atoms with Gasteiger partial charge in [0.05, 0.1) is 12.7 Å². The molecule has 0 aliphatic carbocycles. The zero-order valence-electron chi connectivity index (χ0n) is 11.0. The maximum atomic E-state index is 6.07. The highest BCUT2D eigenvalue weighted by Gasteiger charge is 2.20. The van der Waals surface area contributed by atoms with Gasteiger partial charge in [-0.2, -0.15) is 5.10 Å². The molecule has 5 nitrogen and oxygen atoms in total. The Labute approximate surface area is 130 Å². The van der Waals surface area contributed by atoms with Crippen molar-refractivity contribution in [3.05, 3.63) is 40.6 Å². The molecular weight excluding hydrogens is 313 g/mol. The third-order valence-electron chi connectivity index (χ3n) is 3.04. The van der Waals surface area contributed by atoms with Crippen molar-refractivity contribution in [3.63, 3.8) is 0 Å². The summed E-state index contributed by atoms with van der Waals surface area (Å²) in [6.07, 6.45) is 0. The number of benzene rings is 1. The van der Waals surface area contributed by atoms with E-state index in [2.05, 4.69) is 10.2 Å². The number of halogens is 2. The first-order valence-electron chi connectivity index (χ1n) is 6.03. The van der Waals surface area contributed by atoms with Gasteiger partial charge in [0.15, 0.2) is 16.8 Å². The third-order valence-corrected chi connectivity index (χ3v) is 3.48. The number of nitrogens with zero attached hydrogens (tertiary/aromatic N) is 1. The second-order valence-electron chi connectivity index (χ2n) is 4.31. The van der Waals surface area contributed by atoms with Crippen LogP contribution in [0.4, 0.5) is 5.82 Å². The number of nitrogens with one attached hydrogen (secondary N) is 1. The van der Waals surface area contributed by atoms with E-state index in [-0.39, 0.29) is 5.22 Å². The lowest BCUT2D eigenvalue weighted by Crippen LogP contribution is -1.92. The third kappa shape index (κ3) is 2.46. The first kappa shape index (κ1) is 13.9. The lowest BCUT2D eigenvalue weighted by Gasteiger charge is -2.09. The van der Waals surface area contributed by atoms with Crippen molar-refractivity contribution < 1.29 is 9.15 Å². The van der Waals surface area contributed by atoms with Crippen LogP contribution in [0.3, 0.4) is 0 Å². The summed E-state index contributed by atoms with van der Waals surface area (Å²) >= 11 is 11.9. The molecule has 2 aromatic heterocycles. The smallest absolute Gasteiger partial charge is 0.194 e. The van der Waals surface area contributed by atoms with E-state index >= 15 is 0 Å². The summed E-state index contributed by atoms with van der Waals surface area (Å²) in [5.41, 5.74) is 7.96. The lowest BCUT2D eigenvalue weighted by molar-refractivity contribution is 0.416. The molecule has 0 unspecified atom stereocenters. The largest absolute Gasteiger partial charge is 0.496 e. The summed E-state index contributed by atoms with van der Waals surface area (Å²) < 4.78 is 10.8. The van der Waals surface area contributed by atoms with E-state index < -0.39 is 0 Å². The lowest BCUT2D eigenvalue weighted by atomic mass is 10.0. The van der Waals surface area contributed by atoms with Crippen LogP contribution >= 0.6 is 23.2 Å². The van der Waals surface area contributed by atoms with E-state index in [1.165, 1.54) is 0 Å². The standard InChI is InChI=1S/C14H11Cl2N3O2/c1-20-9-3-2-7(15)6-8(9)12-13(18-19-14(12)17)10-4-5-11(16)21-10/h2-6H,1H3,(H3,17,18,19). The molecular formula is C14H11Cl2N3O2. The van der Waals surface area contributed by atoms with Gasteiger partial charge < -0.3 is 14.9 Å². The normalized spacial score (nSPS) is 10.8. The number of ether oxygens (including phenoxy) is 1. The molecule has 1 aromatic carbocycles. The van der Waals surface area contributed by atoms with E-state index in [9.17, 15) is 0 Å². The second kappa shape index (κ2) is 5.35. The number of methoxy groups -OCH3 is 1. The van der Waals surface area contributed by atoms with E-state index in [1.54, 1.807) is 37.4 Å². The van der Waals surface area contributed by atoms with Gasteiger partial charge in [0, 0.05) is 10.6 Å². The van der Waals surface area contributed by atoms with Crippen LogP contribution in [-0.2, 0) is 0 Å². The van der Waals surface area contributed by atoms with Crippen molar-refractivity contribution in [3.8, 4) is 28.3 Å². The number of rotatable bonds is 3. The Kier molecular flexibility index (Phi) is 3.53. The fraction of sp³-hybridized carbons (Fsp3) is 0.0714. The molecule has 3 N–H and O–H groups in total. The van der Waals surface area contributed by atoms with Crippen LogP contribution in [0.5, 0.6) is 5.75 Å². The number of aromatic amines is 1. The van der Waals surface area contributed by atoms with E-state index in [0.29, 0.717) is 33.6 Å². The van der Waals surface area contributed by atoms with Crippen molar-refractivity contribution in [2.24, 2.45) is 0 Å². The van der Waals surface area contributed by atoms with Gasteiger partial charge in [-0.15, -0.1) is 0 Å². The highest BCUT2D eigenvalue weighted by atomic mass is 35.5. The van der Waals surface area contributed by atoms with Gasteiger partial charge in [0.25, 0.3) is 0 Å². The van der Waals surface area contributed by atoms with Gasteiger partial charge in [-0.1, -0.05) is 11.6 Å². The number of hydrogen-bond donors (Lipinski definition) is 2. The minimum atomic E-state index is 0.280. The first-order chi connectivity index (χ1) is 10.1. The molecule has 0 aliphatic rings. The Morgan fingerprint density at radius 1 is 1.24 bits per heavy atom. The Balaban J connectivity index is 2.24. The summed E-state index contributed by atoms with van der Waals surface area (Å²) in [7, 11) is 1.58. The number of furan rings is 1. The van der Waals surface area contributed by atoms with Crippen molar-refractivity contribution >= 4 is 29.0 Å². The molecule has 0 atom stereocenters. The minimum absolute atomic E-state index is 0.280. The number of aromatic nitrogens is 2. The van der Waals surface area contributed by atoms with Crippen molar-refractivity contribution in [2.45, 2.75) is 0 Å². The Bertz CT molecular complexity index is 795. The number of anilines is 1. The first-order valence-corrected chi connectivity index (χ1v) is 6.79. The molecule has 0 amide bonds. The van der Waals surface area contributed by atoms with Crippen LogP contribution < -0.4 is 10.5 Å². The fourth-order valence-electron chi connectivity index (χ4n) is 2.13. The van der Waals surface area contributed by atoms with E-state index in [1.807, 2.05) is 0 Å². The molecule has 7 heteroatoms. The summed E-state index contributed by atoms with van der Waals surface area (Å²) in [4.78, 5) is 0. The number of H-pyrrole nitrogens is 1. The number of nitrogens with two attached hydrogens (primary N) is 1. The fourth-order valence-corrected chi connectivity index (χ4v) is 2.45. The Morgan fingerprint density at radius 3 is 2.71 bits per heavy atom. The molecule has 0 saturated carbocycles. The van der Waals surface area contributed by atoms with Gasteiger partial charge >= 0.3 is 0 Å². The highest BCUT2D eigenvalue weighted by Crippen LogP contribution is 2.41. The van der Waals surface area contributed by atoms with Gasteiger partial charge in [-0.3, -0.25) is 5.10 Å². The Hall–Kier alpha value is -2.11. The SMILES string of the molecule is COc1ccc(Cl)cc1-c1c(N)n[nH]c1-c1ccc(Cl)o1. The van der Waals surface area contributed by atoms with Crippen LogP contribution in [0.2, 0.25) is 10.2 Å². The van der Waals surface area contributed by atoms with Crippen LogP contribution in [0.15, 0.2) is 34.7 Å². The van der Waals surface area contributed by atoms with Crippen LogP contribution in [0.25, 0.3) is 22.6 Å². The zero-order chi connectivity index (χ0) is 15.0. The van der Waals surface area contributed by atoms with Gasteiger partial charge in [-0.25, -0.2) is 0 Å². The number of hydrogen-bond acceptors (Lipinski definition) is 4. The van der Waals surface area contributed by atoms with Crippen molar-refractivity contribution in [1.29, 1.82) is 0 Å². The molecule has 0 saturated heterocycles. The zero-order valence-corrected chi connectivity index (χ0v) is 12.5. The maximum Gasteiger partial charge on any atom is 0.194 e. The van der Waals surface area contributed by atoms with Crippen LogP contribution in [0, 0.1) is 0 Å². The van der Waals surface area contributed by atoms with Crippen LogP contribution in [0.1, 0.15) is 0 Å². The molecule has 0 fully saturated rings. The predicted octanol–water partition coefficient (Wildman–Crippen LogP) is 4.23. The van der Waals surface area contributed by atoms with Crippen molar-refractivity contribution in [2.75, 3.05) is 12.8 Å². The van der Waals surface area contributed by atoms with E-state index in [0.717, 1.165) is 5.56 Å². The summed E-state index contributed by atoms with van der Waals surface area (Å²) in [6.45, 7) is 0. The summed E-state index contributed by atoms with van der Waals surface area (Å²) in [5, 5.41) is 7.73. The molecule has 0 spiro atoms. The average Bonchev–Trinajstić information content (AvgIpc) is 3.04. The molecule has 3 aromatic rings. The molecule has 0 bridgehead atoms. The highest BCUT2D eigenvalue weighted by molar-refractivity contribution is 6.31. The molecule has 0 radical (unpaired) electrons. The Morgan fingerprint density at radius 2 is 2.05 bits per heavy atom. The minimum Gasteiger partial charge on any atom is -0.496 e. The maximum absolute atomic E-state index is 6.07. The van der Waals surface area contributed by atoms with Gasteiger partial charge in [0.2, 0.25) is 0 Å². The second-order valence-corrected chi connectivity index (χ2v) is 5.12.